The molecule has 0 saturated heterocycles. The van der Waals surface area contributed by atoms with E-state index in [1.807, 2.05) is 6.92 Å². The molecule has 0 aliphatic heterocycles. The third-order valence-corrected chi connectivity index (χ3v) is 3.16. The largest absolute Gasteiger partial charge is 0.476 e. The van der Waals surface area contributed by atoms with E-state index in [0.29, 0.717) is 5.13 Å². The zero-order valence-electron chi connectivity index (χ0n) is 8.28. The van der Waals surface area contributed by atoms with Crippen LogP contribution in [0.1, 0.15) is 48.0 Å². The first-order valence-corrected chi connectivity index (χ1v) is 5.37. The first-order chi connectivity index (χ1) is 6.56. The molecule has 0 aliphatic carbocycles. The Labute approximate surface area is 86.8 Å². The van der Waals surface area contributed by atoms with Crippen LogP contribution in [-0.2, 0) is 0 Å². The molecule has 0 spiro atoms. The van der Waals surface area contributed by atoms with E-state index in [2.05, 4.69) is 11.9 Å². The van der Waals surface area contributed by atoms with E-state index in [1.54, 1.807) is 0 Å². The molecule has 0 amide bonds. The summed E-state index contributed by atoms with van der Waals surface area (Å²) in [6.07, 6.45) is 1.99. The highest BCUT2D eigenvalue weighted by Crippen LogP contribution is 2.31. The van der Waals surface area contributed by atoms with Crippen LogP contribution in [0.3, 0.4) is 0 Å². The number of carboxylic acid groups (broad SMARTS) is 1. The molecule has 0 aliphatic rings. The zero-order valence-corrected chi connectivity index (χ0v) is 9.10. The number of rotatable bonds is 4. The fourth-order valence-corrected chi connectivity index (χ4v) is 2.31. The molecule has 3 N–H and O–H groups in total. The molecule has 0 fully saturated rings. The molecule has 0 aromatic carbocycles. The maximum Gasteiger partial charge on any atom is 0.355 e. The lowest BCUT2D eigenvalue weighted by Gasteiger charge is -2.07. The minimum absolute atomic E-state index is 0.119. The number of aromatic nitrogens is 1. The molecule has 1 atom stereocenters. The predicted molar refractivity (Wildman–Crippen MR) is 56.8 cm³/mol. The predicted octanol–water partition coefficient (Wildman–Crippen LogP) is 2.33. The highest BCUT2D eigenvalue weighted by molar-refractivity contribution is 7.15. The van der Waals surface area contributed by atoms with Gasteiger partial charge in [-0.25, -0.2) is 9.78 Å². The van der Waals surface area contributed by atoms with Gasteiger partial charge >= 0.3 is 5.97 Å². The van der Waals surface area contributed by atoms with Gasteiger partial charge in [0.2, 0.25) is 0 Å². The van der Waals surface area contributed by atoms with Crippen molar-refractivity contribution in [3.63, 3.8) is 0 Å². The highest BCUT2D eigenvalue weighted by atomic mass is 32.1. The van der Waals surface area contributed by atoms with Crippen molar-refractivity contribution in [2.45, 2.75) is 32.6 Å². The van der Waals surface area contributed by atoms with Crippen LogP contribution in [0.4, 0.5) is 5.13 Å². The van der Waals surface area contributed by atoms with Crippen LogP contribution in [0.2, 0.25) is 0 Å². The Balaban J connectivity index is 3.00. The molecule has 14 heavy (non-hydrogen) atoms. The number of aromatic carboxylic acids is 1. The molecule has 1 heterocycles. The molecule has 0 radical (unpaired) electrons. The topological polar surface area (TPSA) is 76.2 Å². The normalized spacial score (nSPS) is 12.7. The second kappa shape index (κ2) is 4.41. The number of hydrogen-bond acceptors (Lipinski definition) is 4. The van der Waals surface area contributed by atoms with Crippen LogP contribution in [-0.4, -0.2) is 16.1 Å². The number of nitrogens with two attached hydrogens (primary N) is 1. The summed E-state index contributed by atoms with van der Waals surface area (Å²) in [5, 5.41) is 9.22. The van der Waals surface area contributed by atoms with Gasteiger partial charge in [0.25, 0.3) is 0 Å². The Bertz CT molecular complexity index is 336. The van der Waals surface area contributed by atoms with Crippen LogP contribution in [0.25, 0.3) is 0 Å². The van der Waals surface area contributed by atoms with Crippen molar-refractivity contribution in [1.29, 1.82) is 0 Å². The Morgan fingerprint density at radius 2 is 2.36 bits per heavy atom. The summed E-state index contributed by atoms with van der Waals surface area (Å²) < 4.78 is 0. The lowest BCUT2D eigenvalue weighted by molar-refractivity contribution is 0.0689. The maximum absolute atomic E-state index is 10.8. The SMILES string of the molecule is CCCC(C)c1sc(N)nc1C(=O)O. The number of thiazole rings is 1. The smallest absolute Gasteiger partial charge is 0.355 e. The van der Waals surface area contributed by atoms with Gasteiger partial charge in [-0.2, -0.15) is 0 Å². The van der Waals surface area contributed by atoms with Crippen LogP contribution < -0.4 is 5.73 Å². The van der Waals surface area contributed by atoms with E-state index in [-0.39, 0.29) is 11.6 Å². The van der Waals surface area contributed by atoms with Crippen molar-refractivity contribution in [3.05, 3.63) is 10.6 Å². The second-order valence-electron chi connectivity index (χ2n) is 3.26. The van der Waals surface area contributed by atoms with Gasteiger partial charge in [0.1, 0.15) is 0 Å². The van der Waals surface area contributed by atoms with Crippen molar-refractivity contribution in [3.8, 4) is 0 Å². The average molecular weight is 214 g/mol. The van der Waals surface area contributed by atoms with Gasteiger partial charge in [0.15, 0.2) is 10.8 Å². The number of anilines is 1. The highest BCUT2D eigenvalue weighted by Gasteiger charge is 2.20. The molecule has 1 unspecified atom stereocenters. The van der Waals surface area contributed by atoms with Crippen molar-refractivity contribution >= 4 is 22.4 Å². The minimum atomic E-state index is -0.990. The molecule has 1 rings (SSSR count). The quantitative estimate of drug-likeness (QED) is 0.806. The number of carboxylic acids is 1. The molecule has 1 aromatic heterocycles. The van der Waals surface area contributed by atoms with E-state index in [1.165, 1.54) is 11.3 Å². The molecule has 1 aromatic rings. The van der Waals surface area contributed by atoms with Gasteiger partial charge in [0, 0.05) is 4.88 Å². The molecular formula is C9H14N2O2S. The lowest BCUT2D eigenvalue weighted by Crippen LogP contribution is -2.03. The third kappa shape index (κ3) is 2.23. The van der Waals surface area contributed by atoms with Gasteiger partial charge in [-0.3, -0.25) is 0 Å². The van der Waals surface area contributed by atoms with Gasteiger partial charge < -0.3 is 10.8 Å². The monoisotopic (exact) mass is 214 g/mol. The van der Waals surface area contributed by atoms with Crippen LogP contribution in [0, 0.1) is 0 Å². The Hall–Kier alpha value is -1.10. The van der Waals surface area contributed by atoms with E-state index >= 15 is 0 Å². The van der Waals surface area contributed by atoms with Crippen molar-refractivity contribution < 1.29 is 9.90 Å². The van der Waals surface area contributed by atoms with Crippen LogP contribution in [0.5, 0.6) is 0 Å². The van der Waals surface area contributed by atoms with E-state index in [0.717, 1.165) is 17.7 Å². The molecule has 0 saturated carbocycles. The van der Waals surface area contributed by atoms with Crippen molar-refractivity contribution in [2.24, 2.45) is 0 Å². The van der Waals surface area contributed by atoms with Crippen LogP contribution >= 0.6 is 11.3 Å². The average Bonchev–Trinajstić information content (AvgIpc) is 2.48. The van der Waals surface area contributed by atoms with E-state index < -0.39 is 5.97 Å². The number of carbonyl (C=O) groups is 1. The summed E-state index contributed by atoms with van der Waals surface area (Å²) in [6.45, 7) is 4.07. The fraction of sp³-hybridized carbons (Fsp3) is 0.556. The van der Waals surface area contributed by atoms with Gasteiger partial charge in [-0.15, -0.1) is 11.3 Å². The summed E-state index contributed by atoms with van der Waals surface area (Å²) in [7, 11) is 0. The van der Waals surface area contributed by atoms with Crippen molar-refractivity contribution in [2.75, 3.05) is 5.73 Å². The minimum Gasteiger partial charge on any atom is -0.476 e. The first-order valence-electron chi connectivity index (χ1n) is 4.55. The molecule has 4 nitrogen and oxygen atoms in total. The number of nitrogens with zero attached hydrogens (tertiary/aromatic N) is 1. The zero-order chi connectivity index (χ0) is 10.7. The molecular weight excluding hydrogens is 200 g/mol. The molecule has 0 bridgehead atoms. The maximum atomic E-state index is 10.8. The van der Waals surface area contributed by atoms with E-state index in [9.17, 15) is 4.79 Å². The standard InChI is InChI=1S/C9H14N2O2S/c1-3-4-5(2)7-6(8(12)13)11-9(10)14-7/h5H,3-4H2,1-2H3,(H2,10,11)(H,12,13). The Kier molecular flexibility index (Phi) is 3.46. The lowest BCUT2D eigenvalue weighted by atomic mass is 10.0. The van der Waals surface area contributed by atoms with Gasteiger partial charge in [-0.1, -0.05) is 20.3 Å². The third-order valence-electron chi connectivity index (χ3n) is 2.04. The van der Waals surface area contributed by atoms with E-state index in [4.69, 9.17) is 10.8 Å². The summed E-state index contributed by atoms with van der Waals surface area (Å²) >= 11 is 1.28. The van der Waals surface area contributed by atoms with Gasteiger partial charge in [0.05, 0.1) is 0 Å². The number of hydrogen-bond donors (Lipinski definition) is 2. The summed E-state index contributed by atoms with van der Waals surface area (Å²) in [4.78, 5) is 15.4. The summed E-state index contributed by atoms with van der Waals surface area (Å²) in [5.41, 5.74) is 5.61. The summed E-state index contributed by atoms with van der Waals surface area (Å²) in [5.74, 6) is -0.767. The Morgan fingerprint density at radius 3 is 2.86 bits per heavy atom. The van der Waals surface area contributed by atoms with Crippen molar-refractivity contribution in [1.82, 2.24) is 4.98 Å². The Morgan fingerprint density at radius 1 is 1.71 bits per heavy atom. The fourth-order valence-electron chi connectivity index (χ4n) is 1.40. The molecule has 78 valence electrons. The first kappa shape index (κ1) is 11.0. The van der Waals surface area contributed by atoms with Crippen LogP contribution in [0.15, 0.2) is 0 Å². The second-order valence-corrected chi connectivity index (χ2v) is 4.32. The molecule has 5 heteroatoms. The summed E-state index contributed by atoms with van der Waals surface area (Å²) in [6, 6.07) is 0. The number of nitrogen functional groups attached to an aromatic ring is 1. The van der Waals surface area contributed by atoms with Gasteiger partial charge in [-0.05, 0) is 12.3 Å².